The van der Waals surface area contributed by atoms with Gasteiger partial charge in [0.15, 0.2) is 0 Å². The number of carbonyl (C=O) groups is 2. The lowest BCUT2D eigenvalue weighted by Gasteiger charge is -2.33. The number of esters is 1. The summed E-state index contributed by atoms with van der Waals surface area (Å²) in [6, 6.07) is 17.7. The second-order valence-corrected chi connectivity index (χ2v) is 11.3. The average Bonchev–Trinajstić information content (AvgIpc) is 3.33. The molecule has 2 aromatic carbocycles. The Hall–Kier alpha value is -3.25. The van der Waals surface area contributed by atoms with E-state index in [9.17, 15) is 18.0 Å². The van der Waals surface area contributed by atoms with E-state index in [1.807, 2.05) is 35.2 Å². The second kappa shape index (κ2) is 11.9. The Kier molecular flexibility index (Phi) is 8.59. The SMILES string of the molecule is CCOC(=O)c1sc(-c2ccccc2)cc1NC(=O)CN1CCN(S(=O)(=O)c2ccc(OC)cc2)CC1. The summed E-state index contributed by atoms with van der Waals surface area (Å²) in [5.74, 6) is -0.181. The van der Waals surface area contributed by atoms with Crippen molar-refractivity contribution in [3.8, 4) is 16.2 Å². The third-order valence-corrected chi connectivity index (χ3v) is 9.00. The summed E-state index contributed by atoms with van der Waals surface area (Å²) in [4.78, 5) is 28.7. The van der Waals surface area contributed by atoms with Crippen molar-refractivity contribution in [2.45, 2.75) is 11.8 Å². The van der Waals surface area contributed by atoms with Crippen LogP contribution in [0.4, 0.5) is 5.69 Å². The Bertz CT molecular complexity index is 1330. The molecule has 0 saturated carbocycles. The molecule has 0 bridgehead atoms. The van der Waals surface area contributed by atoms with Gasteiger partial charge in [0, 0.05) is 31.1 Å². The molecular formula is C26H29N3O6S2. The van der Waals surface area contributed by atoms with E-state index in [0.29, 0.717) is 29.4 Å². The van der Waals surface area contributed by atoms with Crippen LogP contribution in [-0.4, -0.2) is 75.9 Å². The fourth-order valence-electron chi connectivity index (χ4n) is 3.99. The minimum absolute atomic E-state index is 0.0786. The molecule has 0 radical (unpaired) electrons. The van der Waals surface area contributed by atoms with Crippen molar-refractivity contribution in [2.24, 2.45) is 0 Å². The molecule has 1 aromatic heterocycles. The molecule has 9 nitrogen and oxygen atoms in total. The Balaban J connectivity index is 1.38. The maximum Gasteiger partial charge on any atom is 0.350 e. The van der Waals surface area contributed by atoms with Gasteiger partial charge in [-0.15, -0.1) is 11.3 Å². The van der Waals surface area contributed by atoms with E-state index in [2.05, 4.69) is 5.32 Å². The van der Waals surface area contributed by atoms with Crippen molar-refractivity contribution in [1.82, 2.24) is 9.21 Å². The van der Waals surface area contributed by atoms with Gasteiger partial charge in [-0.05, 0) is 42.8 Å². The van der Waals surface area contributed by atoms with E-state index in [4.69, 9.17) is 9.47 Å². The molecule has 11 heteroatoms. The molecule has 37 heavy (non-hydrogen) atoms. The summed E-state index contributed by atoms with van der Waals surface area (Å²) in [6.45, 7) is 3.40. The number of rotatable bonds is 9. The van der Waals surface area contributed by atoms with Gasteiger partial charge in [0.1, 0.15) is 10.6 Å². The molecule has 1 amide bonds. The van der Waals surface area contributed by atoms with Crippen LogP contribution in [0.5, 0.6) is 5.75 Å². The number of ether oxygens (including phenoxy) is 2. The lowest BCUT2D eigenvalue weighted by molar-refractivity contribution is -0.117. The number of sulfonamides is 1. The summed E-state index contributed by atoms with van der Waals surface area (Å²) in [5.41, 5.74) is 1.35. The highest BCUT2D eigenvalue weighted by atomic mass is 32.2. The van der Waals surface area contributed by atoms with Crippen molar-refractivity contribution >= 4 is 38.9 Å². The molecule has 1 saturated heterocycles. The first-order valence-corrected chi connectivity index (χ1v) is 14.1. The maximum absolute atomic E-state index is 13.0. The maximum atomic E-state index is 13.0. The largest absolute Gasteiger partial charge is 0.497 e. The van der Waals surface area contributed by atoms with Gasteiger partial charge in [0.25, 0.3) is 0 Å². The molecule has 1 N–H and O–H groups in total. The van der Waals surface area contributed by atoms with Crippen LogP contribution in [-0.2, 0) is 19.6 Å². The lowest BCUT2D eigenvalue weighted by atomic mass is 10.2. The van der Waals surface area contributed by atoms with Gasteiger partial charge in [-0.25, -0.2) is 13.2 Å². The summed E-state index contributed by atoms with van der Waals surface area (Å²) in [7, 11) is -2.11. The van der Waals surface area contributed by atoms with E-state index >= 15 is 0 Å². The van der Waals surface area contributed by atoms with Crippen LogP contribution in [0.15, 0.2) is 65.6 Å². The lowest BCUT2D eigenvalue weighted by Crippen LogP contribution is -2.50. The van der Waals surface area contributed by atoms with Gasteiger partial charge in [-0.2, -0.15) is 4.31 Å². The van der Waals surface area contributed by atoms with Gasteiger partial charge >= 0.3 is 5.97 Å². The van der Waals surface area contributed by atoms with Crippen LogP contribution < -0.4 is 10.1 Å². The molecule has 1 aliphatic heterocycles. The van der Waals surface area contributed by atoms with Crippen LogP contribution in [0.2, 0.25) is 0 Å². The molecule has 196 valence electrons. The molecule has 3 aromatic rings. The summed E-state index contributed by atoms with van der Waals surface area (Å²) in [5, 5.41) is 2.85. The average molecular weight is 544 g/mol. The Morgan fingerprint density at radius 3 is 2.30 bits per heavy atom. The molecule has 1 aliphatic rings. The molecule has 0 spiro atoms. The zero-order valence-electron chi connectivity index (χ0n) is 20.7. The number of hydrogen-bond donors (Lipinski definition) is 1. The number of piperazine rings is 1. The topological polar surface area (TPSA) is 105 Å². The zero-order valence-corrected chi connectivity index (χ0v) is 22.3. The van der Waals surface area contributed by atoms with Crippen LogP contribution in [0, 0.1) is 0 Å². The smallest absolute Gasteiger partial charge is 0.350 e. The van der Waals surface area contributed by atoms with E-state index in [0.717, 1.165) is 10.4 Å². The van der Waals surface area contributed by atoms with Crippen LogP contribution >= 0.6 is 11.3 Å². The third kappa shape index (κ3) is 6.37. The van der Waals surface area contributed by atoms with Crippen molar-refractivity contribution in [2.75, 3.05) is 51.8 Å². The molecule has 0 atom stereocenters. The van der Waals surface area contributed by atoms with Crippen LogP contribution in [0.1, 0.15) is 16.6 Å². The number of hydrogen-bond acceptors (Lipinski definition) is 8. The second-order valence-electron chi connectivity index (χ2n) is 8.34. The normalized spacial score (nSPS) is 14.8. The molecular weight excluding hydrogens is 514 g/mol. The highest BCUT2D eigenvalue weighted by Gasteiger charge is 2.29. The molecule has 0 unspecified atom stereocenters. The van der Waals surface area contributed by atoms with Gasteiger partial charge in [0.2, 0.25) is 15.9 Å². The van der Waals surface area contributed by atoms with Crippen molar-refractivity contribution in [1.29, 1.82) is 0 Å². The number of carbonyl (C=O) groups excluding carboxylic acids is 2. The summed E-state index contributed by atoms with van der Waals surface area (Å²) < 4.78 is 37.7. The van der Waals surface area contributed by atoms with E-state index < -0.39 is 16.0 Å². The first-order valence-electron chi connectivity index (χ1n) is 11.8. The fraction of sp³-hybridized carbons (Fsp3) is 0.308. The molecule has 2 heterocycles. The summed E-state index contributed by atoms with van der Waals surface area (Å²) >= 11 is 1.27. The van der Waals surface area contributed by atoms with Crippen LogP contribution in [0.25, 0.3) is 10.4 Å². The van der Waals surface area contributed by atoms with Gasteiger partial charge < -0.3 is 14.8 Å². The minimum atomic E-state index is -3.63. The van der Waals surface area contributed by atoms with Gasteiger partial charge in [-0.1, -0.05) is 30.3 Å². The number of nitrogens with one attached hydrogen (secondary N) is 1. The molecule has 4 rings (SSSR count). The number of thiophene rings is 1. The van der Waals surface area contributed by atoms with Crippen molar-refractivity contribution in [3.63, 3.8) is 0 Å². The highest BCUT2D eigenvalue weighted by Crippen LogP contribution is 2.35. The predicted molar refractivity (Wildman–Crippen MR) is 143 cm³/mol. The molecule has 1 fully saturated rings. The monoisotopic (exact) mass is 543 g/mol. The molecule has 0 aliphatic carbocycles. The van der Waals surface area contributed by atoms with E-state index in [1.165, 1.54) is 34.9 Å². The number of nitrogens with zero attached hydrogens (tertiary/aromatic N) is 2. The third-order valence-electron chi connectivity index (χ3n) is 5.92. The minimum Gasteiger partial charge on any atom is -0.497 e. The standard InChI is InChI=1S/C26H29N3O6S2/c1-3-35-26(31)25-22(17-23(36-25)19-7-5-4-6-8-19)27-24(30)18-28-13-15-29(16-14-28)37(32,33)21-11-9-20(34-2)10-12-21/h4-12,17H,3,13-16,18H2,1-2H3,(H,27,30). The number of benzene rings is 2. The van der Waals surface area contributed by atoms with Crippen molar-refractivity contribution < 1.29 is 27.5 Å². The van der Waals surface area contributed by atoms with Crippen molar-refractivity contribution in [3.05, 3.63) is 65.5 Å². The Morgan fingerprint density at radius 2 is 1.68 bits per heavy atom. The number of anilines is 1. The first-order chi connectivity index (χ1) is 17.8. The van der Waals surface area contributed by atoms with E-state index in [1.54, 1.807) is 25.1 Å². The Morgan fingerprint density at radius 1 is 1.00 bits per heavy atom. The fourth-order valence-corrected chi connectivity index (χ4v) is 6.43. The number of amides is 1. The van der Waals surface area contributed by atoms with Gasteiger partial charge in [-0.3, -0.25) is 9.69 Å². The highest BCUT2D eigenvalue weighted by molar-refractivity contribution is 7.89. The van der Waals surface area contributed by atoms with E-state index in [-0.39, 0.29) is 37.0 Å². The summed E-state index contributed by atoms with van der Waals surface area (Å²) in [6.07, 6.45) is 0. The zero-order chi connectivity index (χ0) is 26.4. The quantitative estimate of drug-likeness (QED) is 0.412. The predicted octanol–water partition coefficient (Wildman–Crippen LogP) is 3.55. The van der Waals surface area contributed by atoms with Crippen LogP contribution in [0.3, 0.4) is 0 Å². The van der Waals surface area contributed by atoms with Gasteiger partial charge in [0.05, 0.1) is 30.8 Å². The number of methoxy groups -OCH3 is 1. The first kappa shape index (κ1) is 26.8. The Labute approximate surface area is 220 Å².